The van der Waals surface area contributed by atoms with E-state index >= 15 is 0 Å². The molecule has 21 heavy (non-hydrogen) atoms. The molecule has 0 saturated heterocycles. The van der Waals surface area contributed by atoms with Crippen LogP contribution in [0.25, 0.3) is 22.2 Å². The number of hydrogen-bond acceptors (Lipinski definition) is 3. The molecule has 0 bridgehead atoms. The first kappa shape index (κ1) is 13.4. The number of aromatic nitrogens is 2. The summed E-state index contributed by atoms with van der Waals surface area (Å²) in [5.41, 5.74) is 4.95. The van der Waals surface area contributed by atoms with Crippen LogP contribution >= 0.6 is 0 Å². The van der Waals surface area contributed by atoms with Crippen molar-refractivity contribution in [3.63, 3.8) is 0 Å². The average molecular weight is 280 g/mol. The molecule has 0 atom stereocenters. The number of nitrogens with zero attached hydrogens (tertiary/aromatic N) is 2. The standard InChI is InChI=1S/C17H16N2O2/c1-11-14-9-12(17(20)21-3)6-7-15(14)19(2)16(11)13-5-4-8-18-10-13/h4-10H,1-3H3. The van der Waals surface area contributed by atoms with Crippen molar-refractivity contribution in [3.05, 3.63) is 53.9 Å². The lowest BCUT2D eigenvalue weighted by Crippen LogP contribution is -2.00. The van der Waals surface area contributed by atoms with Crippen LogP contribution in [0.2, 0.25) is 0 Å². The summed E-state index contributed by atoms with van der Waals surface area (Å²) in [6, 6.07) is 9.59. The van der Waals surface area contributed by atoms with Crippen LogP contribution in [0.5, 0.6) is 0 Å². The molecule has 0 amide bonds. The van der Waals surface area contributed by atoms with Crippen LogP contribution in [0.15, 0.2) is 42.7 Å². The van der Waals surface area contributed by atoms with Gasteiger partial charge in [0.05, 0.1) is 18.4 Å². The summed E-state index contributed by atoms with van der Waals surface area (Å²) in [5.74, 6) is -0.317. The van der Waals surface area contributed by atoms with E-state index in [4.69, 9.17) is 4.74 Å². The quantitative estimate of drug-likeness (QED) is 0.676. The minimum atomic E-state index is -0.317. The highest BCUT2D eigenvalue weighted by Crippen LogP contribution is 2.32. The van der Waals surface area contributed by atoms with Crippen LogP contribution in [0.1, 0.15) is 15.9 Å². The van der Waals surface area contributed by atoms with E-state index in [0.29, 0.717) is 5.56 Å². The number of benzene rings is 1. The van der Waals surface area contributed by atoms with Crippen LogP contribution in [-0.4, -0.2) is 22.6 Å². The largest absolute Gasteiger partial charge is 0.465 e. The second-order valence-corrected chi connectivity index (χ2v) is 5.00. The Morgan fingerprint density at radius 1 is 1.29 bits per heavy atom. The molecule has 2 heterocycles. The van der Waals surface area contributed by atoms with E-state index in [1.54, 1.807) is 12.3 Å². The SMILES string of the molecule is COC(=O)c1ccc2c(c1)c(C)c(-c1cccnc1)n2C. The van der Waals surface area contributed by atoms with Crippen molar-refractivity contribution in [1.29, 1.82) is 0 Å². The van der Waals surface area contributed by atoms with Gasteiger partial charge in [-0.25, -0.2) is 4.79 Å². The van der Waals surface area contributed by atoms with Gasteiger partial charge in [-0.05, 0) is 42.8 Å². The van der Waals surface area contributed by atoms with Gasteiger partial charge in [-0.3, -0.25) is 4.98 Å². The topological polar surface area (TPSA) is 44.1 Å². The van der Waals surface area contributed by atoms with Gasteiger partial charge in [0.2, 0.25) is 0 Å². The highest BCUT2D eigenvalue weighted by molar-refractivity contribution is 5.98. The zero-order chi connectivity index (χ0) is 15.0. The van der Waals surface area contributed by atoms with E-state index in [1.165, 1.54) is 7.11 Å². The zero-order valence-electron chi connectivity index (χ0n) is 12.3. The fourth-order valence-electron chi connectivity index (χ4n) is 2.79. The summed E-state index contributed by atoms with van der Waals surface area (Å²) in [7, 11) is 3.42. The molecule has 4 heteroatoms. The number of ether oxygens (including phenoxy) is 1. The summed E-state index contributed by atoms with van der Waals surface area (Å²) in [5, 5.41) is 1.05. The molecule has 3 rings (SSSR count). The summed E-state index contributed by atoms with van der Waals surface area (Å²) >= 11 is 0. The smallest absolute Gasteiger partial charge is 0.337 e. The molecule has 0 unspecified atom stereocenters. The van der Waals surface area contributed by atoms with Crippen molar-refractivity contribution < 1.29 is 9.53 Å². The van der Waals surface area contributed by atoms with Gasteiger partial charge in [0.15, 0.2) is 0 Å². The number of methoxy groups -OCH3 is 1. The first-order valence-corrected chi connectivity index (χ1v) is 6.71. The van der Waals surface area contributed by atoms with Crippen molar-refractivity contribution in [3.8, 4) is 11.3 Å². The monoisotopic (exact) mass is 280 g/mol. The molecule has 0 aliphatic rings. The third kappa shape index (κ3) is 2.09. The summed E-state index contributed by atoms with van der Waals surface area (Å²) in [4.78, 5) is 15.9. The van der Waals surface area contributed by atoms with Crippen LogP contribution in [0.4, 0.5) is 0 Å². The first-order chi connectivity index (χ1) is 10.1. The minimum absolute atomic E-state index is 0.317. The summed E-state index contributed by atoms with van der Waals surface area (Å²) in [6.45, 7) is 2.06. The van der Waals surface area contributed by atoms with E-state index < -0.39 is 0 Å². The van der Waals surface area contributed by atoms with Crippen LogP contribution < -0.4 is 0 Å². The maximum atomic E-state index is 11.7. The molecular formula is C17H16N2O2. The Labute approximate surface area is 123 Å². The van der Waals surface area contributed by atoms with Crippen molar-refractivity contribution in [2.75, 3.05) is 7.11 Å². The number of fused-ring (bicyclic) bond motifs is 1. The van der Waals surface area contributed by atoms with E-state index in [9.17, 15) is 4.79 Å². The average Bonchev–Trinajstić information content (AvgIpc) is 2.78. The lowest BCUT2D eigenvalue weighted by molar-refractivity contribution is 0.0601. The second kappa shape index (κ2) is 5.05. The number of esters is 1. The third-order valence-corrected chi connectivity index (χ3v) is 3.81. The lowest BCUT2D eigenvalue weighted by Gasteiger charge is -2.05. The van der Waals surface area contributed by atoms with Gasteiger partial charge in [-0.2, -0.15) is 0 Å². The minimum Gasteiger partial charge on any atom is -0.465 e. The Bertz CT molecular complexity index is 820. The molecule has 0 radical (unpaired) electrons. The van der Waals surface area contributed by atoms with E-state index in [2.05, 4.69) is 16.5 Å². The second-order valence-electron chi connectivity index (χ2n) is 5.00. The van der Waals surface area contributed by atoms with Gasteiger partial charge in [0, 0.05) is 35.9 Å². The van der Waals surface area contributed by atoms with Crippen LogP contribution in [0, 0.1) is 6.92 Å². The lowest BCUT2D eigenvalue weighted by atomic mass is 10.1. The van der Waals surface area contributed by atoms with Gasteiger partial charge >= 0.3 is 5.97 Å². The van der Waals surface area contributed by atoms with Crippen molar-refractivity contribution >= 4 is 16.9 Å². The molecule has 2 aromatic heterocycles. The molecule has 1 aromatic carbocycles. The molecule has 3 aromatic rings. The van der Waals surface area contributed by atoms with Crippen LogP contribution in [0.3, 0.4) is 0 Å². The van der Waals surface area contributed by atoms with Gasteiger partial charge < -0.3 is 9.30 Å². The predicted molar refractivity (Wildman–Crippen MR) is 82.2 cm³/mol. The summed E-state index contributed by atoms with van der Waals surface area (Å²) < 4.78 is 6.92. The van der Waals surface area contributed by atoms with Crippen molar-refractivity contribution in [2.24, 2.45) is 7.05 Å². The summed E-state index contributed by atoms with van der Waals surface area (Å²) in [6.07, 6.45) is 3.61. The van der Waals surface area contributed by atoms with Gasteiger partial charge in [0.25, 0.3) is 0 Å². The van der Waals surface area contributed by atoms with Crippen molar-refractivity contribution in [1.82, 2.24) is 9.55 Å². The maximum Gasteiger partial charge on any atom is 0.337 e. The fraction of sp³-hybridized carbons (Fsp3) is 0.176. The molecule has 106 valence electrons. The Morgan fingerprint density at radius 2 is 2.10 bits per heavy atom. The number of carbonyl (C=O) groups excluding carboxylic acids is 1. The molecule has 4 nitrogen and oxygen atoms in total. The Balaban J connectivity index is 2.27. The Kier molecular flexibility index (Phi) is 3.22. The Morgan fingerprint density at radius 3 is 2.76 bits per heavy atom. The van der Waals surface area contributed by atoms with E-state index in [0.717, 1.165) is 27.7 Å². The fourth-order valence-corrected chi connectivity index (χ4v) is 2.79. The molecule has 0 fully saturated rings. The molecule has 0 spiro atoms. The number of pyridine rings is 1. The zero-order valence-corrected chi connectivity index (χ0v) is 12.3. The van der Waals surface area contributed by atoms with Crippen LogP contribution in [-0.2, 0) is 11.8 Å². The normalized spacial score (nSPS) is 10.8. The maximum absolute atomic E-state index is 11.7. The van der Waals surface area contributed by atoms with Gasteiger partial charge in [0.1, 0.15) is 0 Å². The molecule has 0 aliphatic carbocycles. The van der Waals surface area contributed by atoms with Crippen molar-refractivity contribution in [2.45, 2.75) is 6.92 Å². The number of aryl methyl sites for hydroxylation is 2. The highest BCUT2D eigenvalue weighted by atomic mass is 16.5. The molecule has 0 N–H and O–H groups in total. The third-order valence-electron chi connectivity index (χ3n) is 3.81. The predicted octanol–water partition coefficient (Wildman–Crippen LogP) is 3.34. The van der Waals surface area contributed by atoms with Gasteiger partial charge in [-0.1, -0.05) is 0 Å². The molecule has 0 saturated carbocycles. The first-order valence-electron chi connectivity index (χ1n) is 6.71. The number of rotatable bonds is 2. The number of carbonyl (C=O) groups is 1. The molecular weight excluding hydrogens is 264 g/mol. The number of hydrogen-bond donors (Lipinski definition) is 0. The highest BCUT2D eigenvalue weighted by Gasteiger charge is 2.15. The Hall–Kier alpha value is -2.62. The molecule has 0 aliphatic heterocycles. The van der Waals surface area contributed by atoms with E-state index in [1.807, 2.05) is 37.5 Å². The van der Waals surface area contributed by atoms with E-state index in [-0.39, 0.29) is 5.97 Å². The van der Waals surface area contributed by atoms with Gasteiger partial charge in [-0.15, -0.1) is 0 Å².